The summed E-state index contributed by atoms with van der Waals surface area (Å²) in [6.07, 6.45) is 0. The molecule has 0 heterocycles. The SMILES string of the molecule is Cc1ccc(S(=O)(=O)N(CC(=O)N(Cc2ccc(F)cc2)[C@@H](C)C(=O)NC(C)C)c2cc(Cl)ccc2Cl)cc1. The van der Waals surface area contributed by atoms with Gasteiger partial charge in [0.25, 0.3) is 10.0 Å². The third kappa shape index (κ3) is 7.71. The number of aryl methyl sites for hydroxylation is 1. The van der Waals surface area contributed by atoms with Crippen molar-refractivity contribution >= 4 is 50.7 Å². The van der Waals surface area contributed by atoms with Crippen LogP contribution >= 0.6 is 23.2 Å². The highest BCUT2D eigenvalue weighted by atomic mass is 35.5. The van der Waals surface area contributed by atoms with Crippen LogP contribution in [0.3, 0.4) is 0 Å². The number of anilines is 1. The molecule has 3 aromatic carbocycles. The zero-order valence-corrected chi connectivity index (χ0v) is 24.3. The molecule has 0 spiro atoms. The maximum atomic E-state index is 13.8. The van der Waals surface area contributed by atoms with Gasteiger partial charge in [-0.3, -0.25) is 13.9 Å². The zero-order valence-electron chi connectivity index (χ0n) is 22.0. The molecule has 0 aliphatic rings. The molecule has 208 valence electrons. The lowest BCUT2D eigenvalue weighted by molar-refractivity contribution is -0.139. The molecule has 3 aromatic rings. The summed E-state index contributed by atoms with van der Waals surface area (Å²) in [7, 11) is -4.29. The Hall–Kier alpha value is -3.14. The minimum atomic E-state index is -4.29. The third-order valence-electron chi connectivity index (χ3n) is 5.93. The highest BCUT2D eigenvalue weighted by Crippen LogP contribution is 2.33. The summed E-state index contributed by atoms with van der Waals surface area (Å²) in [6.45, 7) is 6.21. The van der Waals surface area contributed by atoms with Gasteiger partial charge in [0.2, 0.25) is 11.8 Å². The van der Waals surface area contributed by atoms with E-state index in [0.717, 1.165) is 9.87 Å². The van der Waals surface area contributed by atoms with E-state index in [-0.39, 0.29) is 33.2 Å². The van der Waals surface area contributed by atoms with Crippen molar-refractivity contribution in [2.45, 2.75) is 51.2 Å². The van der Waals surface area contributed by atoms with Crippen molar-refractivity contribution in [1.82, 2.24) is 10.2 Å². The van der Waals surface area contributed by atoms with E-state index in [4.69, 9.17) is 23.2 Å². The quantitative estimate of drug-likeness (QED) is 0.332. The van der Waals surface area contributed by atoms with Crippen LogP contribution in [-0.4, -0.2) is 43.8 Å². The van der Waals surface area contributed by atoms with E-state index < -0.39 is 40.2 Å². The van der Waals surface area contributed by atoms with Crippen LogP contribution in [0.5, 0.6) is 0 Å². The molecule has 0 bridgehead atoms. The smallest absolute Gasteiger partial charge is 0.264 e. The number of halogens is 3. The molecule has 0 unspecified atom stereocenters. The Bertz CT molecular complexity index is 1430. The lowest BCUT2D eigenvalue weighted by Gasteiger charge is -2.32. The van der Waals surface area contributed by atoms with Gasteiger partial charge in [-0.25, -0.2) is 12.8 Å². The summed E-state index contributed by atoms with van der Waals surface area (Å²) in [4.78, 5) is 28.0. The van der Waals surface area contributed by atoms with Crippen LogP contribution in [-0.2, 0) is 26.2 Å². The first kappa shape index (κ1) is 30.4. The monoisotopic (exact) mass is 593 g/mol. The lowest BCUT2D eigenvalue weighted by Crippen LogP contribution is -2.52. The van der Waals surface area contributed by atoms with Crippen LogP contribution in [0.15, 0.2) is 71.6 Å². The summed E-state index contributed by atoms with van der Waals surface area (Å²) in [5, 5.41) is 3.06. The van der Waals surface area contributed by atoms with Crippen LogP contribution < -0.4 is 9.62 Å². The third-order valence-corrected chi connectivity index (χ3v) is 8.26. The van der Waals surface area contributed by atoms with Crippen molar-refractivity contribution in [1.29, 1.82) is 0 Å². The molecule has 11 heteroatoms. The fourth-order valence-corrected chi connectivity index (χ4v) is 5.66. The van der Waals surface area contributed by atoms with E-state index in [1.807, 2.05) is 6.92 Å². The molecule has 0 saturated heterocycles. The van der Waals surface area contributed by atoms with Crippen LogP contribution in [0, 0.1) is 12.7 Å². The minimum Gasteiger partial charge on any atom is -0.352 e. The van der Waals surface area contributed by atoms with Crippen LogP contribution in [0.4, 0.5) is 10.1 Å². The summed E-state index contributed by atoms with van der Waals surface area (Å²) in [5.41, 5.74) is 1.43. The van der Waals surface area contributed by atoms with Gasteiger partial charge in [0.05, 0.1) is 15.6 Å². The van der Waals surface area contributed by atoms with Gasteiger partial charge in [0.15, 0.2) is 0 Å². The van der Waals surface area contributed by atoms with Gasteiger partial charge in [-0.15, -0.1) is 0 Å². The molecule has 3 rings (SSSR count). The molecule has 1 atom stereocenters. The minimum absolute atomic E-state index is 0.0131. The maximum absolute atomic E-state index is 13.8. The molecule has 0 aliphatic heterocycles. The molecule has 0 fully saturated rings. The van der Waals surface area contributed by atoms with Crippen LogP contribution in [0.1, 0.15) is 31.9 Å². The molecular formula is C28H30Cl2FN3O4S. The van der Waals surface area contributed by atoms with Crippen LogP contribution in [0.2, 0.25) is 10.0 Å². The van der Waals surface area contributed by atoms with Crippen molar-refractivity contribution in [3.63, 3.8) is 0 Å². The summed E-state index contributed by atoms with van der Waals surface area (Å²) >= 11 is 12.6. The van der Waals surface area contributed by atoms with Crippen molar-refractivity contribution in [2.75, 3.05) is 10.8 Å². The second kappa shape index (κ2) is 12.8. The van der Waals surface area contributed by atoms with Gasteiger partial charge in [0, 0.05) is 17.6 Å². The van der Waals surface area contributed by atoms with Crippen molar-refractivity contribution < 1.29 is 22.4 Å². The number of carbonyl (C=O) groups is 2. The fourth-order valence-electron chi connectivity index (χ4n) is 3.80. The number of rotatable bonds is 10. The number of sulfonamides is 1. The first-order valence-corrected chi connectivity index (χ1v) is 14.4. The van der Waals surface area contributed by atoms with Crippen molar-refractivity contribution in [3.05, 3.63) is 93.7 Å². The highest BCUT2D eigenvalue weighted by molar-refractivity contribution is 7.92. The van der Waals surface area contributed by atoms with E-state index in [0.29, 0.717) is 5.56 Å². The molecule has 0 radical (unpaired) electrons. The molecule has 0 saturated carbocycles. The molecule has 39 heavy (non-hydrogen) atoms. The van der Waals surface area contributed by atoms with E-state index in [1.165, 1.54) is 59.5 Å². The summed E-state index contributed by atoms with van der Waals surface area (Å²) < 4.78 is 42.1. The number of hydrogen-bond acceptors (Lipinski definition) is 4. The number of hydrogen-bond donors (Lipinski definition) is 1. The summed E-state index contributed by atoms with van der Waals surface area (Å²) in [5.74, 6) is -1.54. The molecule has 1 N–H and O–H groups in total. The van der Waals surface area contributed by atoms with Gasteiger partial charge >= 0.3 is 0 Å². The topological polar surface area (TPSA) is 86.8 Å². The second-order valence-electron chi connectivity index (χ2n) is 9.41. The highest BCUT2D eigenvalue weighted by Gasteiger charge is 2.33. The normalized spacial score (nSPS) is 12.2. The van der Waals surface area contributed by atoms with Gasteiger partial charge in [-0.1, -0.05) is 53.0 Å². The predicted molar refractivity (Wildman–Crippen MR) is 152 cm³/mol. The number of carbonyl (C=O) groups excluding carboxylic acids is 2. The van der Waals surface area contributed by atoms with Gasteiger partial charge < -0.3 is 10.2 Å². The Morgan fingerprint density at radius 3 is 2.15 bits per heavy atom. The van der Waals surface area contributed by atoms with Gasteiger partial charge in [-0.2, -0.15) is 0 Å². The molecule has 0 aromatic heterocycles. The zero-order chi connectivity index (χ0) is 28.9. The predicted octanol–water partition coefficient (Wildman–Crippen LogP) is 5.58. The Morgan fingerprint density at radius 2 is 1.56 bits per heavy atom. The Labute approximate surface area is 238 Å². The fraction of sp³-hybridized carbons (Fsp3) is 0.286. The number of nitrogens with one attached hydrogen (secondary N) is 1. The van der Waals surface area contributed by atoms with E-state index >= 15 is 0 Å². The maximum Gasteiger partial charge on any atom is 0.264 e. The van der Waals surface area contributed by atoms with E-state index in [2.05, 4.69) is 5.32 Å². The molecule has 2 amide bonds. The largest absolute Gasteiger partial charge is 0.352 e. The second-order valence-corrected chi connectivity index (χ2v) is 12.1. The molecular weight excluding hydrogens is 564 g/mol. The average molecular weight is 595 g/mol. The summed E-state index contributed by atoms with van der Waals surface area (Å²) in [6, 6.07) is 14.8. The molecule has 0 aliphatic carbocycles. The van der Waals surface area contributed by atoms with Gasteiger partial charge in [0.1, 0.15) is 18.4 Å². The Morgan fingerprint density at radius 1 is 0.949 bits per heavy atom. The van der Waals surface area contributed by atoms with Crippen molar-refractivity contribution in [2.24, 2.45) is 0 Å². The lowest BCUT2D eigenvalue weighted by atomic mass is 10.1. The Balaban J connectivity index is 2.07. The first-order chi connectivity index (χ1) is 18.3. The van der Waals surface area contributed by atoms with Crippen molar-refractivity contribution in [3.8, 4) is 0 Å². The van der Waals surface area contributed by atoms with Crippen LogP contribution in [0.25, 0.3) is 0 Å². The standard InChI is InChI=1S/C28H30Cl2FN3O4S/c1-18(2)32-28(36)20(4)33(16-21-7-10-23(31)11-8-21)27(35)17-34(26-15-22(29)9-14-25(26)30)39(37,38)24-12-5-19(3)6-13-24/h5-15,18,20H,16-17H2,1-4H3,(H,32,36)/t20-/m0/s1. The number of nitrogens with zero attached hydrogens (tertiary/aromatic N) is 2. The number of benzene rings is 3. The van der Waals surface area contributed by atoms with E-state index in [1.54, 1.807) is 32.9 Å². The number of amides is 2. The first-order valence-electron chi connectivity index (χ1n) is 12.2. The Kier molecular flexibility index (Phi) is 9.98. The molecule has 7 nitrogen and oxygen atoms in total. The average Bonchev–Trinajstić information content (AvgIpc) is 2.87. The van der Waals surface area contributed by atoms with Gasteiger partial charge in [-0.05, 0) is 75.7 Å². The van der Waals surface area contributed by atoms with E-state index in [9.17, 15) is 22.4 Å².